The van der Waals surface area contributed by atoms with Gasteiger partial charge in [0.15, 0.2) is 0 Å². The Morgan fingerprint density at radius 1 is 1.28 bits per heavy atom. The molecular formula is C11H14NNaO4S. The van der Waals surface area contributed by atoms with Crippen LogP contribution in [0.25, 0.3) is 0 Å². The van der Waals surface area contributed by atoms with Crippen LogP contribution in [0.3, 0.4) is 0 Å². The summed E-state index contributed by atoms with van der Waals surface area (Å²) < 4.78 is 37.3. The fourth-order valence-corrected chi connectivity index (χ4v) is 2.46. The van der Waals surface area contributed by atoms with Gasteiger partial charge in [0.05, 0.1) is 29.1 Å². The molecule has 1 aromatic carbocycles. The summed E-state index contributed by atoms with van der Waals surface area (Å²) in [5, 5.41) is 0. The molecule has 0 bridgehead atoms. The van der Waals surface area contributed by atoms with Crippen LogP contribution < -0.4 is 34.5 Å². The first-order chi connectivity index (χ1) is 8.04. The van der Waals surface area contributed by atoms with E-state index in [1.165, 1.54) is 0 Å². The Morgan fingerprint density at radius 3 is 2.56 bits per heavy atom. The molecule has 0 aliphatic carbocycles. The van der Waals surface area contributed by atoms with Crippen molar-refractivity contribution in [3.63, 3.8) is 0 Å². The number of anilines is 1. The van der Waals surface area contributed by atoms with Gasteiger partial charge in [-0.15, -0.1) is 0 Å². The zero-order valence-corrected chi connectivity index (χ0v) is 13.1. The number of morpholine rings is 1. The molecule has 94 valence electrons. The molecule has 18 heavy (non-hydrogen) atoms. The Balaban J connectivity index is 0.00000162. The molecule has 0 spiro atoms. The van der Waals surface area contributed by atoms with E-state index in [4.69, 9.17) is 4.74 Å². The molecule has 0 radical (unpaired) electrons. The number of ether oxygens (including phenoxy) is 1. The van der Waals surface area contributed by atoms with Crippen molar-refractivity contribution in [2.45, 2.75) is 5.75 Å². The molecule has 1 aromatic rings. The Hall–Kier alpha value is -0.110. The molecule has 0 amide bonds. The molecule has 1 heterocycles. The van der Waals surface area contributed by atoms with E-state index in [1.54, 1.807) is 18.2 Å². The third-order valence-electron chi connectivity index (χ3n) is 2.63. The fourth-order valence-electron chi connectivity index (χ4n) is 1.87. The summed E-state index contributed by atoms with van der Waals surface area (Å²) in [5.41, 5.74) is 1.47. The largest absolute Gasteiger partial charge is 1.00 e. The van der Waals surface area contributed by atoms with E-state index >= 15 is 0 Å². The number of hydrogen-bond donors (Lipinski definition) is 0. The average Bonchev–Trinajstić information content (AvgIpc) is 2.28. The maximum Gasteiger partial charge on any atom is 1.00 e. The predicted octanol–water partition coefficient (Wildman–Crippen LogP) is -2.43. The summed E-state index contributed by atoms with van der Waals surface area (Å²) in [5.74, 6) is -0.453. The standard InChI is InChI=1S/C11H15NO4S.Na/c13-17(14,15)9-10-2-1-3-11(8-10)12-4-6-16-7-5-12;/h1-3,8H,4-7,9H2,(H,13,14,15);/q;+1/p-1. The third kappa shape index (κ3) is 4.87. The Bertz CT molecular complexity index is 486. The van der Waals surface area contributed by atoms with E-state index in [0.29, 0.717) is 18.8 Å². The summed E-state index contributed by atoms with van der Waals surface area (Å²) in [6.07, 6.45) is 0. The van der Waals surface area contributed by atoms with Crippen molar-refractivity contribution in [3.8, 4) is 0 Å². The average molecular weight is 279 g/mol. The van der Waals surface area contributed by atoms with E-state index in [0.717, 1.165) is 18.8 Å². The minimum atomic E-state index is -4.22. The molecule has 0 aromatic heterocycles. The molecule has 5 nitrogen and oxygen atoms in total. The van der Waals surface area contributed by atoms with Crippen molar-refractivity contribution in [2.24, 2.45) is 0 Å². The van der Waals surface area contributed by atoms with Crippen LogP contribution >= 0.6 is 0 Å². The zero-order chi connectivity index (χ0) is 12.3. The van der Waals surface area contributed by atoms with Gasteiger partial charge in [0.2, 0.25) is 0 Å². The minimum Gasteiger partial charge on any atom is -0.748 e. The zero-order valence-electron chi connectivity index (χ0n) is 10.3. The Morgan fingerprint density at radius 2 is 1.94 bits per heavy atom. The number of hydrogen-bond acceptors (Lipinski definition) is 5. The molecule has 1 aliphatic rings. The van der Waals surface area contributed by atoms with Crippen LogP contribution in [-0.2, 0) is 20.6 Å². The monoisotopic (exact) mass is 279 g/mol. The van der Waals surface area contributed by atoms with Crippen molar-refractivity contribution in [3.05, 3.63) is 29.8 Å². The molecule has 1 aliphatic heterocycles. The quantitative estimate of drug-likeness (QED) is 0.455. The van der Waals surface area contributed by atoms with Gasteiger partial charge in [0.1, 0.15) is 0 Å². The van der Waals surface area contributed by atoms with Gasteiger partial charge in [-0.05, 0) is 17.7 Å². The first-order valence-electron chi connectivity index (χ1n) is 5.40. The second-order valence-corrected chi connectivity index (χ2v) is 5.38. The second kappa shape index (κ2) is 6.88. The van der Waals surface area contributed by atoms with Crippen LogP contribution in [-0.4, -0.2) is 39.3 Å². The number of benzene rings is 1. The van der Waals surface area contributed by atoms with Crippen molar-refractivity contribution in [1.29, 1.82) is 0 Å². The second-order valence-electron chi connectivity index (χ2n) is 3.97. The molecule has 0 N–H and O–H groups in total. The van der Waals surface area contributed by atoms with Crippen molar-refractivity contribution in [1.82, 2.24) is 0 Å². The van der Waals surface area contributed by atoms with E-state index < -0.39 is 15.9 Å². The topological polar surface area (TPSA) is 69.7 Å². The summed E-state index contributed by atoms with van der Waals surface area (Å²) in [6, 6.07) is 7.08. The first-order valence-corrected chi connectivity index (χ1v) is 6.97. The van der Waals surface area contributed by atoms with Crippen LogP contribution in [0, 0.1) is 0 Å². The Kier molecular flexibility index (Phi) is 6.10. The fraction of sp³-hybridized carbons (Fsp3) is 0.455. The maximum absolute atomic E-state index is 10.7. The minimum absolute atomic E-state index is 0. The molecule has 0 atom stereocenters. The summed E-state index contributed by atoms with van der Waals surface area (Å²) in [7, 11) is -4.22. The van der Waals surface area contributed by atoms with Gasteiger partial charge in [0, 0.05) is 18.8 Å². The Labute approximate surface area is 129 Å². The molecular weight excluding hydrogens is 265 g/mol. The van der Waals surface area contributed by atoms with Crippen LogP contribution in [0.5, 0.6) is 0 Å². The van der Waals surface area contributed by atoms with Crippen LogP contribution in [0.15, 0.2) is 24.3 Å². The van der Waals surface area contributed by atoms with Crippen LogP contribution in [0.1, 0.15) is 5.56 Å². The summed E-state index contributed by atoms with van der Waals surface area (Å²) >= 11 is 0. The molecule has 1 saturated heterocycles. The van der Waals surface area contributed by atoms with E-state index in [-0.39, 0.29) is 29.6 Å². The summed E-state index contributed by atoms with van der Waals surface area (Å²) in [4.78, 5) is 2.12. The summed E-state index contributed by atoms with van der Waals surface area (Å²) in [6.45, 7) is 2.91. The SMILES string of the molecule is O=S(=O)([O-])Cc1cccc(N2CCOCC2)c1.[Na+]. The van der Waals surface area contributed by atoms with Gasteiger partial charge in [0.25, 0.3) is 0 Å². The number of rotatable bonds is 3. The van der Waals surface area contributed by atoms with Gasteiger partial charge in [-0.2, -0.15) is 0 Å². The van der Waals surface area contributed by atoms with Gasteiger partial charge in [-0.3, -0.25) is 0 Å². The molecule has 0 unspecified atom stereocenters. The normalized spacial score (nSPS) is 16.2. The van der Waals surface area contributed by atoms with Crippen LogP contribution in [0.2, 0.25) is 0 Å². The molecule has 0 saturated carbocycles. The maximum atomic E-state index is 10.7. The van der Waals surface area contributed by atoms with Gasteiger partial charge < -0.3 is 14.2 Å². The first kappa shape index (κ1) is 15.9. The van der Waals surface area contributed by atoms with Gasteiger partial charge in [-0.1, -0.05) is 12.1 Å². The number of nitrogens with zero attached hydrogens (tertiary/aromatic N) is 1. The van der Waals surface area contributed by atoms with E-state index in [2.05, 4.69) is 4.90 Å². The third-order valence-corrected chi connectivity index (χ3v) is 3.32. The molecule has 1 fully saturated rings. The van der Waals surface area contributed by atoms with Crippen LogP contribution in [0.4, 0.5) is 5.69 Å². The smallest absolute Gasteiger partial charge is 0.748 e. The molecule has 7 heteroatoms. The van der Waals surface area contributed by atoms with E-state index in [1.807, 2.05) is 6.07 Å². The van der Waals surface area contributed by atoms with Crippen molar-refractivity contribution in [2.75, 3.05) is 31.2 Å². The van der Waals surface area contributed by atoms with E-state index in [9.17, 15) is 13.0 Å². The van der Waals surface area contributed by atoms with Crippen molar-refractivity contribution < 1.29 is 47.3 Å². The molecule has 2 rings (SSSR count). The van der Waals surface area contributed by atoms with Crippen molar-refractivity contribution >= 4 is 15.8 Å². The van der Waals surface area contributed by atoms with Gasteiger partial charge in [-0.25, -0.2) is 8.42 Å². The predicted molar refractivity (Wildman–Crippen MR) is 62.9 cm³/mol. The van der Waals surface area contributed by atoms with Gasteiger partial charge >= 0.3 is 29.6 Å².